The maximum Gasteiger partial charge on any atom is 0.282 e. The zero-order chi connectivity index (χ0) is 17.9. The normalized spacial score (nSPS) is 21.9. The summed E-state index contributed by atoms with van der Waals surface area (Å²) in [4.78, 5) is 14.0. The van der Waals surface area contributed by atoms with E-state index in [0.717, 1.165) is 25.7 Å². The van der Waals surface area contributed by atoms with Crippen molar-refractivity contribution in [1.29, 1.82) is 0 Å². The van der Waals surface area contributed by atoms with E-state index in [1.165, 1.54) is 0 Å². The third-order valence-corrected chi connectivity index (χ3v) is 6.67. The molecule has 2 aliphatic heterocycles. The molecule has 4 N–H and O–H groups in total. The molecule has 1 aromatic rings. The van der Waals surface area contributed by atoms with Crippen molar-refractivity contribution in [3.63, 3.8) is 0 Å². The van der Waals surface area contributed by atoms with E-state index in [1.807, 2.05) is 0 Å². The first kappa shape index (κ1) is 18.2. The molecule has 0 aromatic carbocycles. The third-order valence-electron chi connectivity index (χ3n) is 4.63. The highest BCUT2D eigenvalue weighted by Gasteiger charge is 2.32. The van der Waals surface area contributed by atoms with Gasteiger partial charge in [0.1, 0.15) is 5.82 Å². The molecule has 2 aliphatic rings. The number of piperazine rings is 1. The Balaban J connectivity index is 1.57. The molecule has 3 rings (SSSR count). The van der Waals surface area contributed by atoms with Crippen LogP contribution in [0.3, 0.4) is 0 Å². The topological polar surface area (TPSA) is 135 Å². The standard InChI is InChI=1S/C14H26N8O2S/c15-13-17-12(18-14(16)19-13)11-20-7-9-22(10-8-20)25(23,24)21-5-3-1-2-4-6-21/h1-11H2,(H4,15,16,17,18,19). The zero-order valence-corrected chi connectivity index (χ0v) is 15.2. The summed E-state index contributed by atoms with van der Waals surface area (Å²) in [6, 6.07) is 0. The molecule has 0 aliphatic carbocycles. The van der Waals surface area contributed by atoms with Crippen molar-refractivity contribution in [2.75, 3.05) is 50.7 Å². The molecule has 0 radical (unpaired) electrons. The minimum absolute atomic E-state index is 0.102. The second-order valence-electron chi connectivity index (χ2n) is 6.46. The predicted molar refractivity (Wildman–Crippen MR) is 94.5 cm³/mol. The lowest BCUT2D eigenvalue weighted by atomic mass is 10.2. The fourth-order valence-electron chi connectivity index (χ4n) is 3.28. The average Bonchev–Trinajstić information content (AvgIpc) is 2.84. The van der Waals surface area contributed by atoms with Crippen LogP contribution in [0.25, 0.3) is 0 Å². The van der Waals surface area contributed by atoms with E-state index >= 15 is 0 Å². The summed E-state index contributed by atoms with van der Waals surface area (Å²) in [6.07, 6.45) is 4.11. The van der Waals surface area contributed by atoms with E-state index in [-0.39, 0.29) is 11.9 Å². The molecular weight excluding hydrogens is 344 g/mol. The van der Waals surface area contributed by atoms with E-state index < -0.39 is 10.2 Å². The van der Waals surface area contributed by atoms with Gasteiger partial charge < -0.3 is 11.5 Å². The SMILES string of the molecule is Nc1nc(N)nc(CN2CCN(S(=O)(=O)N3CCCCCC3)CC2)n1. The van der Waals surface area contributed by atoms with Crippen molar-refractivity contribution < 1.29 is 8.42 Å². The Kier molecular flexibility index (Phi) is 5.67. The minimum atomic E-state index is -3.36. The van der Waals surface area contributed by atoms with Gasteiger partial charge in [0.05, 0.1) is 6.54 Å². The van der Waals surface area contributed by atoms with Gasteiger partial charge in [0.25, 0.3) is 10.2 Å². The molecule has 1 aromatic heterocycles. The van der Waals surface area contributed by atoms with Gasteiger partial charge in [-0.2, -0.15) is 32.0 Å². The van der Waals surface area contributed by atoms with E-state index in [4.69, 9.17) is 11.5 Å². The summed E-state index contributed by atoms with van der Waals surface area (Å²) < 4.78 is 28.9. The Morgan fingerprint density at radius 1 is 0.760 bits per heavy atom. The van der Waals surface area contributed by atoms with Crippen molar-refractivity contribution in [2.24, 2.45) is 0 Å². The first-order valence-corrected chi connectivity index (χ1v) is 10.1. The molecule has 10 nitrogen and oxygen atoms in total. The Bertz CT molecular complexity index is 662. The first-order chi connectivity index (χ1) is 11.9. The van der Waals surface area contributed by atoms with Crippen LogP contribution in [-0.4, -0.2) is 76.1 Å². The number of anilines is 2. The second kappa shape index (κ2) is 7.77. The second-order valence-corrected chi connectivity index (χ2v) is 8.39. The van der Waals surface area contributed by atoms with Crippen LogP contribution in [-0.2, 0) is 16.8 Å². The average molecular weight is 370 g/mol. The van der Waals surface area contributed by atoms with Gasteiger partial charge in [-0.25, -0.2) is 0 Å². The number of hydrogen-bond acceptors (Lipinski definition) is 8. The van der Waals surface area contributed by atoms with E-state index in [1.54, 1.807) is 8.61 Å². The van der Waals surface area contributed by atoms with Crippen molar-refractivity contribution in [1.82, 2.24) is 28.5 Å². The molecule has 0 atom stereocenters. The molecule has 0 bridgehead atoms. The van der Waals surface area contributed by atoms with Crippen molar-refractivity contribution in [3.05, 3.63) is 5.82 Å². The Labute approximate surface area is 148 Å². The van der Waals surface area contributed by atoms with Crippen molar-refractivity contribution >= 4 is 22.1 Å². The zero-order valence-electron chi connectivity index (χ0n) is 14.3. The van der Waals surface area contributed by atoms with Gasteiger partial charge in [0.2, 0.25) is 11.9 Å². The molecule has 2 fully saturated rings. The fraction of sp³-hybridized carbons (Fsp3) is 0.786. The van der Waals surface area contributed by atoms with E-state index in [0.29, 0.717) is 51.6 Å². The number of nitrogens with zero attached hydrogens (tertiary/aromatic N) is 6. The van der Waals surface area contributed by atoms with Crippen LogP contribution >= 0.6 is 0 Å². The quantitative estimate of drug-likeness (QED) is 0.708. The molecule has 25 heavy (non-hydrogen) atoms. The molecule has 140 valence electrons. The van der Waals surface area contributed by atoms with Crippen molar-refractivity contribution in [2.45, 2.75) is 32.2 Å². The Morgan fingerprint density at radius 2 is 1.28 bits per heavy atom. The molecule has 3 heterocycles. The summed E-state index contributed by atoms with van der Waals surface area (Å²) in [5.41, 5.74) is 11.2. The van der Waals surface area contributed by atoms with Crippen LogP contribution in [0.2, 0.25) is 0 Å². The summed E-state index contributed by atoms with van der Waals surface area (Å²) in [7, 11) is -3.36. The van der Waals surface area contributed by atoms with Crippen LogP contribution in [0.1, 0.15) is 31.5 Å². The maximum absolute atomic E-state index is 12.8. The summed E-state index contributed by atoms with van der Waals surface area (Å²) in [6.45, 7) is 3.92. The lowest BCUT2D eigenvalue weighted by Crippen LogP contribution is -2.53. The Hall–Kier alpha value is -1.56. The van der Waals surface area contributed by atoms with Crippen LogP contribution in [0.4, 0.5) is 11.9 Å². The summed E-state index contributed by atoms with van der Waals surface area (Å²) in [5, 5.41) is 0. The molecule has 0 spiro atoms. The van der Waals surface area contributed by atoms with Crippen molar-refractivity contribution in [3.8, 4) is 0 Å². The predicted octanol–water partition coefficient (Wildman–Crippen LogP) is -0.726. The monoisotopic (exact) mass is 370 g/mol. The number of rotatable bonds is 4. The van der Waals surface area contributed by atoms with E-state index in [9.17, 15) is 8.42 Å². The van der Waals surface area contributed by atoms with Gasteiger partial charge in [0, 0.05) is 39.3 Å². The first-order valence-electron chi connectivity index (χ1n) is 8.68. The molecule has 0 saturated carbocycles. The molecule has 0 amide bonds. The van der Waals surface area contributed by atoms with Gasteiger partial charge in [-0.3, -0.25) is 4.90 Å². The van der Waals surface area contributed by atoms with E-state index in [2.05, 4.69) is 19.9 Å². The highest BCUT2D eigenvalue weighted by atomic mass is 32.2. The number of nitrogens with two attached hydrogens (primary N) is 2. The minimum Gasteiger partial charge on any atom is -0.368 e. The largest absolute Gasteiger partial charge is 0.368 e. The summed E-state index contributed by atoms with van der Waals surface area (Å²) in [5.74, 6) is 0.712. The highest BCUT2D eigenvalue weighted by Crippen LogP contribution is 2.18. The van der Waals surface area contributed by atoms with Gasteiger partial charge in [-0.15, -0.1) is 0 Å². The molecule has 2 saturated heterocycles. The van der Waals surface area contributed by atoms with Crippen LogP contribution in [0, 0.1) is 0 Å². The number of hydrogen-bond donors (Lipinski definition) is 2. The molecule has 11 heteroatoms. The van der Waals surface area contributed by atoms with Gasteiger partial charge in [-0.1, -0.05) is 12.8 Å². The lowest BCUT2D eigenvalue weighted by molar-refractivity contribution is 0.171. The number of nitrogen functional groups attached to an aromatic ring is 2. The van der Waals surface area contributed by atoms with Gasteiger partial charge in [0.15, 0.2) is 0 Å². The van der Waals surface area contributed by atoms with Crippen LogP contribution < -0.4 is 11.5 Å². The number of aromatic nitrogens is 3. The third kappa shape index (κ3) is 4.54. The fourth-order valence-corrected chi connectivity index (χ4v) is 4.95. The maximum atomic E-state index is 12.8. The molecule has 0 unspecified atom stereocenters. The van der Waals surface area contributed by atoms with Crippen LogP contribution in [0.5, 0.6) is 0 Å². The molecular formula is C14H26N8O2S. The van der Waals surface area contributed by atoms with Gasteiger partial charge in [-0.05, 0) is 12.8 Å². The van der Waals surface area contributed by atoms with Crippen LogP contribution in [0.15, 0.2) is 0 Å². The Morgan fingerprint density at radius 3 is 1.84 bits per heavy atom. The highest BCUT2D eigenvalue weighted by molar-refractivity contribution is 7.86. The van der Waals surface area contributed by atoms with Gasteiger partial charge >= 0.3 is 0 Å². The summed E-state index contributed by atoms with van der Waals surface area (Å²) >= 11 is 0. The smallest absolute Gasteiger partial charge is 0.282 e. The lowest BCUT2D eigenvalue weighted by Gasteiger charge is -2.36.